The van der Waals surface area contributed by atoms with Gasteiger partial charge in [0.05, 0.1) is 4.90 Å². The lowest BCUT2D eigenvalue weighted by Crippen LogP contribution is -2.23. The first-order chi connectivity index (χ1) is 15.9. The molecule has 2 amide bonds. The van der Waals surface area contributed by atoms with E-state index >= 15 is 0 Å². The van der Waals surface area contributed by atoms with Crippen LogP contribution in [0.1, 0.15) is 49.2 Å². The molecule has 0 heterocycles. The van der Waals surface area contributed by atoms with Gasteiger partial charge in [0.1, 0.15) is 0 Å². The van der Waals surface area contributed by atoms with Crippen molar-refractivity contribution < 1.29 is 18.0 Å². The van der Waals surface area contributed by atoms with Crippen LogP contribution < -0.4 is 15.4 Å². The Morgan fingerprint density at radius 1 is 0.824 bits per heavy atom. The highest BCUT2D eigenvalue weighted by molar-refractivity contribution is 7.89. The standard InChI is InChI=1S/C26H29N3O4S/c1-18(30)28-22-6-5-7-23(16-22)29-25(31)20-10-8-19(9-11-20)17-27-34(32,33)24-14-12-21(13-15-24)26(2,3)4/h5-16,27H,17H2,1-4H3,(H,28,30)(H,29,31). The van der Waals surface area contributed by atoms with Crippen molar-refractivity contribution in [2.24, 2.45) is 0 Å². The van der Waals surface area contributed by atoms with E-state index < -0.39 is 10.0 Å². The minimum absolute atomic E-state index is 0.0575. The molecule has 34 heavy (non-hydrogen) atoms. The van der Waals surface area contributed by atoms with Crippen LogP contribution in [0.5, 0.6) is 0 Å². The number of carbonyl (C=O) groups is 2. The molecule has 0 unspecified atom stereocenters. The molecule has 3 aromatic carbocycles. The summed E-state index contributed by atoms with van der Waals surface area (Å²) in [5, 5.41) is 5.45. The molecule has 0 aliphatic heterocycles. The van der Waals surface area contributed by atoms with Gasteiger partial charge in [-0.05, 0) is 59.0 Å². The van der Waals surface area contributed by atoms with E-state index in [1.165, 1.54) is 6.92 Å². The summed E-state index contributed by atoms with van der Waals surface area (Å²) >= 11 is 0. The molecule has 178 valence electrons. The second kappa shape index (κ2) is 10.2. The molecule has 0 radical (unpaired) electrons. The summed E-state index contributed by atoms with van der Waals surface area (Å²) in [6.07, 6.45) is 0. The Morgan fingerprint density at radius 3 is 1.97 bits per heavy atom. The van der Waals surface area contributed by atoms with Gasteiger partial charge in [-0.15, -0.1) is 0 Å². The Morgan fingerprint density at radius 2 is 1.41 bits per heavy atom. The van der Waals surface area contributed by atoms with Gasteiger partial charge in [-0.3, -0.25) is 9.59 Å². The third kappa shape index (κ3) is 6.76. The van der Waals surface area contributed by atoms with E-state index in [1.54, 1.807) is 60.7 Å². The lowest BCUT2D eigenvalue weighted by molar-refractivity contribution is -0.114. The smallest absolute Gasteiger partial charge is 0.255 e. The number of amides is 2. The quantitative estimate of drug-likeness (QED) is 0.458. The van der Waals surface area contributed by atoms with Gasteiger partial charge in [0.15, 0.2) is 0 Å². The lowest BCUT2D eigenvalue weighted by atomic mass is 9.87. The highest BCUT2D eigenvalue weighted by atomic mass is 32.2. The average molecular weight is 480 g/mol. The van der Waals surface area contributed by atoms with Gasteiger partial charge in [0.25, 0.3) is 5.91 Å². The number of rotatable bonds is 7. The third-order valence-corrected chi connectivity index (χ3v) is 6.57. The summed E-state index contributed by atoms with van der Waals surface area (Å²) in [5.41, 5.74) is 3.28. The highest BCUT2D eigenvalue weighted by Crippen LogP contribution is 2.23. The van der Waals surface area contributed by atoms with E-state index in [-0.39, 0.29) is 28.7 Å². The van der Waals surface area contributed by atoms with Crippen molar-refractivity contribution >= 4 is 33.2 Å². The first kappa shape index (κ1) is 25.1. The molecule has 3 rings (SSSR count). The summed E-state index contributed by atoms with van der Waals surface area (Å²) in [5.74, 6) is -0.511. The maximum Gasteiger partial charge on any atom is 0.255 e. The third-order valence-electron chi connectivity index (χ3n) is 5.15. The summed E-state index contributed by atoms with van der Waals surface area (Å²) < 4.78 is 27.9. The fourth-order valence-electron chi connectivity index (χ4n) is 3.25. The average Bonchev–Trinajstić information content (AvgIpc) is 2.77. The van der Waals surface area contributed by atoms with Crippen molar-refractivity contribution in [3.8, 4) is 0 Å². The Kier molecular flexibility index (Phi) is 7.54. The number of nitrogens with one attached hydrogen (secondary N) is 3. The normalized spacial score (nSPS) is 11.6. The van der Waals surface area contributed by atoms with Crippen molar-refractivity contribution in [3.63, 3.8) is 0 Å². The molecule has 0 spiro atoms. The number of hydrogen-bond acceptors (Lipinski definition) is 4. The molecule has 0 saturated carbocycles. The van der Waals surface area contributed by atoms with Crippen LogP contribution >= 0.6 is 0 Å². The number of anilines is 2. The van der Waals surface area contributed by atoms with Gasteiger partial charge in [-0.25, -0.2) is 13.1 Å². The number of benzene rings is 3. The van der Waals surface area contributed by atoms with Gasteiger partial charge in [-0.1, -0.05) is 51.1 Å². The molecular formula is C26H29N3O4S. The molecular weight excluding hydrogens is 450 g/mol. The van der Waals surface area contributed by atoms with Crippen LogP contribution in [0.4, 0.5) is 11.4 Å². The molecule has 0 fully saturated rings. The van der Waals surface area contributed by atoms with Gasteiger partial charge >= 0.3 is 0 Å². The SMILES string of the molecule is CC(=O)Nc1cccc(NC(=O)c2ccc(CNS(=O)(=O)c3ccc(C(C)(C)C)cc3)cc2)c1. The lowest BCUT2D eigenvalue weighted by Gasteiger charge is -2.19. The van der Waals surface area contributed by atoms with Crippen LogP contribution in [0, 0.1) is 0 Å². The van der Waals surface area contributed by atoms with Crippen molar-refractivity contribution in [1.82, 2.24) is 4.72 Å². The van der Waals surface area contributed by atoms with Crippen molar-refractivity contribution in [1.29, 1.82) is 0 Å². The van der Waals surface area contributed by atoms with E-state index in [2.05, 4.69) is 36.1 Å². The van der Waals surface area contributed by atoms with E-state index in [0.717, 1.165) is 11.1 Å². The molecule has 0 aromatic heterocycles. The van der Waals surface area contributed by atoms with Crippen LogP contribution in [0.15, 0.2) is 77.7 Å². The number of sulfonamides is 1. The van der Waals surface area contributed by atoms with E-state index in [4.69, 9.17) is 0 Å². The van der Waals surface area contributed by atoms with Crippen molar-refractivity contribution in [2.75, 3.05) is 10.6 Å². The molecule has 7 nitrogen and oxygen atoms in total. The zero-order chi connectivity index (χ0) is 24.9. The fourth-order valence-corrected chi connectivity index (χ4v) is 4.27. The largest absolute Gasteiger partial charge is 0.326 e. The van der Waals surface area contributed by atoms with Crippen molar-refractivity contribution in [2.45, 2.75) is 44.6 Å². The molecule has 8 heteroatoms. The van der Waals surface area contributed by atoms with Gasteiger partial charge in [-0.2, -0.15) is 0 Å². The maximum absolute atomic E-state index is 12.6. The second-order valence-electron chi connectivity index (χ2n) is 9.01. The first-order valence-corrected chi connectivity index (χ1v) is 12.3. The van der Waals surface area contributed by atoms with E-state index in [1.807, 2.05) is 12.1 Å². The Balaban J connectivity index is 1.61. The minimum atomic E-state index is -3.66. The maximum atomic E-state index is 12.6. The Hall–Kier alpha value is -3.49. The van der Waals surface area contributed by atoms with Gasteiger partial charge in [0, 0.05) is 30.4 Å². The molecule has 0 aliphatic carbocycles. The first-order valence-electron chi connectivity index (χ1n) is 10.8. The van der Waals surface area contributed by atoms with E-state index in [9.17, 15) is 18.0 Å². The molecule has 0 bridgehead atoms. The van der Waals surface area contributed by atoms with Crippen LogP contribution in [0.3, 0.4) is 0 Å². The Labute approximate surface area is 200 Å². The topological polar surface area (TPSA) is 104 Å². The number of carbonyl (C=O) groups excluding carboxylic acids is 2. The summed E-state index contributed by atoms with van der Waals surface area (Å²) in [6, 6.07) is 20.4. The molecule has 3 N–H and O–H groups in total. The van der Waals surface area contributed by atoms with Crippen molar-refractivity contribution in [3.05, 3.63) is 89.5 Å². The second-order valence-corrected chi connectivity index (χ2v) is 10.8. The Bertz CT molecular complexity index is 1280. The monoisotopic (exact) mass is 479 g/mol. The van der Waals surface area contributed by atoms with Crippen LogP contribution in [-0.4, -0.2) is 20.2 Å². The predicted octanol–water partition coefficient (Wildman–Crippen LogP) is 4.67. The summed E-state index contributed by atoms with van der Waals surface area (Å²) in [6.45, 7) is 7.73. The van der Waals surface area contributed by atoms with Crippen LogP contribution in [0.25, 0.3) is 0 Å². The van der Waals surface area contributed by atoms with Gasteiger partial charge in [0.2, 0.25) is 15.9 Å². The minimum Gasteiger partial charge on any atom is -0.326 e. The molecule has 3 aromatic rings. The fraction of sp³-hybridized carbons (Fsp3) is 0.231. The predicted molar refractivity (Wildman–Crippen MR) is 134 cm³/mol. The number of hydrogen-bond donors (Lipinski definition) is 3. The zero-order valence-corrected chi connectivity index (χ0v) is 20.5. The highest BCUT2D eigenvalue weighted by Gasteiger charge is 2.17. The van der Waals surface area contributed by atoms with E-state index in [0.29, 0.717) is 16.9 Å². The summed E-state index contributed by atoms with van der Waals surface area (Å²) in [7, 11) is -3.66. The summed E-state index contributed by atoms with van der Waals surface area (Å²) in [4.78, 5) is 24.0. The molecule has 0 atom stereocenters. The van der Waals surface area contributed by atoms with Crippen LogP contribution in [-0.2, 0) is 26.8 Å². The molecule has 0 aliphatic rings. The zero-order valence-electron chi connectivity index (χ0n) is 19.7. The molecule has 0 saturated heterocycles. The van der Waals surface area contributed by atoms with Gasteiger partial charge < -0.3 is 10.6 Å². The van der Waals surface area contributed by atoms with Crippen LogP contribution in [0.2, 0.25) is 0 Å².